The Kier molecular flexibility index (Phi) is 5.36. The summed E-state index contributed by atoms with van der Waals surface area (Å²) in [5, 5.41) is 4.60. The third-order valence-corrected chi connectivity index (χ3v) is 5.80. The van der Waals surface area contributed by atoms with Gasteiger partial charge in [-0.2, -0.15) is 5.10 Å². The van der Waals surface area contributed by atoms with E-state index in [0.717, 1.165) is 51.0 Å². The van der Waals surface area contributed by atoms with Gasteiger partial charge < -0.3 is 4.74 Å². The molecule has 1 aliphatic heterocycles. The first-order valence-electron chi connectivity index (χ1n) is 9.96. The second-order valence-corrected chi connectivity index (χ2v) is 7.92. The summed E-state index contributed by atoms with van der Waals surface area (Å²) in [4.78, 5) is 6.76. The summed E-state index contributed by atoms with van der Waals surface area (Å²) in [5.41, 5.74) is 3.89. The first kappa shape index (κ1) is 17.7. The summed E-state index contributed by atoms with van der Waals surface area (Å²) in [6, 6.07) is 4.34. The lowest BCUT2D eigenvalue weighted by Gasteiger charge is -2.18. The fraction of sp³-hybridized carbons (Fsp3) is 0.619. The normalized spacial score (nSPS) is 23.6. The Morgan fingerprint density at radius 3 is 2.65 bits per heavy atom. The summed E-state index contributed by atoms with van der Waals surface area (Å²) in [7, 11) is 0. The van der Waals surface area contributed by atoms with Crippen molar-refractivity contribution in [2.75, 3.05) is 26.3 Å². The topological polar surface area (TPSA) is 43.2 Å². The summed E-state index contributed by atoms with van der Waals surface area (Å²) in [5.74, 6) is 1.91. The van der Waals surface area contributed by atoms with Crippen molar-refractivity contribution in [3.63, 3.8) is 0 Å². The second kappa shape index (κ2) is 7.89. The Labute approximate surface area is 156 Å². The summed E-state index contributed by atoms with van der Waals surface area (Å²) in [6.07, 6.45) is 8.73. The van der Waals surface area contributed by atoms with Gasteiger partial charge in [0.2, 0.25) is 0 Å². The van der Waals surface area contributed by atoms with Gasteiger partial charge in [0, 0.05) is 68.8 Å². The molecule has 1 saturated heterocycles. The molecule has 0 amide bonds. The first-order chi connectivity index (χ1) is 12.7. The molecule has 0 radical (unpaired) electrons. The predicted octanol–water partition coefficient (Wildman–Crippen LogP) is 3.25. The number of ether oxygens (including phenoxy) is 1. The van der Waals surface area contributed by atoms with E-state index >= 15 is 0 Å². The van der Waals surface area contributed by atoms with Gasteiger partial charge in [0.05, 0.1) is 12.3 Å². The average Bonchev–Trinajstić information content (AvgIpc) is 3.29. The molecule has 1 aliphatic carbocycles. The van der Waals surface area contributed by atoms with Gasteiger partial charge in [-0.3, -0.25) is 14.6 Å². The molecule has 2 atom stereocenters. The molecule has 0 N–H and O–H groups in total. The van der Waals surface area contributed by atoms with Gasteiger partial charge in [-0.25, -0.2) is 0 Å². The zero-order valence-corrected chi connectivity index (χ0v) is 16.0. The molecular formula is C21H30N4O. The van der Waals surface area contributed by atoms with E-state index in [2.05, 4.69) is 47.2 Å². The first-order valence-corrected chi connectivity index (χ1v) is 9.96. The lowest BCUT2D eigenvalue weighted by atomic mass is 9.90. The molecule has 5 heteroatoms. The van der Waals surface area contributed by atoms with E-state index in [1.54, 1.807) is 0 Å². The van der Waals surface area contributed by atoms with Crippen LogP contribution >= 0.6 is 0 Å². The zero-order valence-electron chi connectivity index (χ0n) is 16.0. The molecule has 0 bridgehead atoms. The molecular weight excluding hydrogens is 324 g/mol. The fourth-order valence-corrected chi connectivity index (χ4v) is 4.03. The number of hydrogen-bond donors (Lipinski definition) is 0. The van der Waals surface area contributed by atoms with Crippen molar-refractivity contribution in [1.82, 2.24) is 19.7 Å². The highest BCUT2D eigenvalue weighted by Crippen LogP contribution is 2.35. The number of pyridine rings is 1. The van der Waals surface area contributed by atoms with E-state index in [1.165, 1.54) is 24.0 Å². The fourth-order valence-electron chi connectivity index (χ4n) is 4.03. The highest BCUT2D eigenvalue weighted by atomic mass is 16.5. The molecule has 140 valence electrons. The maximum atomic E-state index is 6.08. The maximum absolute atomic E-state index is 6.08. The highest BCUT2D eigenvalue weighted by Gasteiger charge is 2.34. The van der Waals surface area contributed by atoms with Gasteiger partial charge in [-0.1, -0.05) is 0 Å². The number of nitrogens with zero attached hydrogens (tertiary/aromatic N) is 4. The molecule has 5 nitrogen and oxygen atoms in total. The molecule has 1 saturated carbocycles. The quantitative estimate of drug-likeness (QED) is 0.730. The van der Waals surface area contributed by atoms with E-state index < -0.39 is 0 Å². The molecule has 0 unspecified atom stereocenters. The summed E-state index contributed by atoms with van der Waals surface area (Å²) in [6.45, 7) is 10.2. The smallest absolute Gasteiger partial charge is 0.0638 e. The van der Waals surface area contributed by atoms with E-state index in [9.17, 15) is 0 Å². The zero-order chi connectivity index (χ0) is 17.9. The molecule has 26 heavy (non-hydrogen) atoms. The van der Waals surface area contributed by atoms with Crippen LogP contribution in [0.5, 0.6) is 0 Å². The summed E-state index contributed by atoms with van der Waals surface area (Å²) >= 11 is 0. The van der Waals surface area contributed by atoms with Crippen LogP contribution in [0.2, 0.25) is 0 Å². The standard InChI is InChI=1S/C21H30N4O/c1-3-25-12-19(16(2)23-25)10-24-11-20(15-26-14-17-4-5-17)21(13-24)18-6-8-22-9-7-18/h6-9,12,17,20-21H,3-5,10-11,13-15H2,1-2H3/t20-,21-/m0/s1. The minimum Gasteiger partial charge on any atom is -0.381 e. The SMILES string of the molecule is CCn1cc(CN2C[C@@H](COCC3CC3)[C@H](c3ccncc3)C2)c(C)n1. The van der Waals surface area contributed by atoms with Crippen molar-refractivity contribution in [2.24, 2.45) is 11.8 Å². The van der Waals surface area contributed by atoms with Crippen molar-refractivity contribution in [1.29, 1.82) is 0 Å². The monoisotopic (exact) mass is 354 g/mol. The van der Waals surface area contributed by atoms with Gasteiger partial charge in [-0.15, -0.1) is 0 Å². The molecule has 2 aromatic rings. The Balaban J connectivity index is 1.43. The Morgan fingerprint density at radius 1 is 1.15 bits per heavy atom. The number of rotatable bonds is 8. The van der Waals surface area contributed by atoms with Crippen LogP contribution in [0.1, 0.15) is 42.5 Å². The third-order valence-electron chi connectivity index (χ3n) is 5.80. The van der Waals surface area contributed by atoms with E-state index in [0.29, 0.717) is 11.8 Å². The van der Waals surface area contributed by atoms with Crippen molar-refractivity contribution < 1.29 is 4.74 Å². The molecule has 2 aliphatic rings. The molecule has 4 rings (SSSR count). The van der Waals surface area contributed by atoms with E-state index in [4.69, 9.17) is 4.74 Å². The van der Waals surface area contributed by atoms with E-state index in [-0.39, 0.29) is 0 Å². The van der Waals surface area contributed by atoms with Crippen molar-refractivity contribution in [2.45, 2.75) is 45.7 Å². The lowest BCUT2D eigenvalue weighted by Crippen LogP contribution is -2.22. The van der Waals surface area contributed by atoms with Crippen LogP contribution in [-0.4, -0.2) is 46.0 Å². The Hall–Kier alpha value is -1.72. The Morgan fingerprint density at radius 2 is 1.96 bits per heavy atom. The highest BCUT2D eigenvalue weighted by molar-refractivity contribution is 5.21. The molecule has 0 spiro atoms. The van der Waals surface area contributed by atoms with Crippen molar-refractivity contribution >= 4 is 0 Å². The average molecular weight is 354 g/mol. The number of hydrogen-bond acceptors (Lipinski definition) is 4. The largest absolute Gasteiger partial charge is 0.381 e. The number of aryl methyl sites for hydroxylation is 2. The third kappa shape index (κ3) is 4.15. The van der Waals surface area contributed by atoms with Crippen molar-refractivity contribution in [3.05, 3.63) is 47.5 Å². The van der Waals surface area contributed by atoms with E-state index in [1.807, 2.05) is 17.1 Å². The van der Waals surface area contributed by atoms with Crippen LogP contribution in [0.25, 0.3) is 0 Å². The predicted molar refractivity (Wildman–Crippen MR) is 102 cm³/mol. The second-order valence-electron chi connectivity index (χ2n) is 7.92. The van der Waals surface area contributed by atoms with Crippen LogP contribution in [0.3, 0.4) is 0 Å². The number of likely N-dealkylation sites (tertiary alicyclic amines) is 1. The lowest BCUT2D eigenvalue weighted by molar-refractivity contribution is 0.0887. The van der Waals surface area contributed by atoms with Gasteiger partial charge in [0.15, 0.2) is 0 Å². The van der Waals surface area contributed by atoms with Crippen molar-refractivity contribution in [3.8, 4) is 0 Å². The molecule has 2 aromatic heterocycles. The minimum absolute atomic E-state index is 0.527. The molecule has 0 aromatic carbocycles. The van der Waals surface area contributed by atoms with Gasteiger partial charge >= 0.3 is 0 Å². The maximum Gasteiger partial charge on any atom is 0.0638 e. The van der Waals surface area contributed by atoms with Crippen LogP contribution in [0.4, 0.5) is 0 Å². The molecule has 2 fully saturated rings. The van der Waals surface area contributed by atoms with Gasteiger partial charge in [-0.05, 0) is 50.3 Å². The summed E-state index contributed by atoms with van der Waals surface area (Å²) < 4.78 is 8.12. The van der Waals surface area contributed by atoms with Crippen LogP contribution < -0.4 is 0 Å². The molecule has 3 heterocycles. The minimum atomic E-state index is 0.527. The van der Waals surface area contributed by atoms with Gasteiger partial charge in [0.25, 0.3) is 0 Å². The van der Waals surface area contributed by atoms with Crippen LogP contribution in [0, 0.1) is 18.8 Å². The number of aromatic nitrogens is 3. The van der Waals surface area contributed by atoms with Crippen LogP contribution in [-0.2, 0) is 17.8 Å². The Bertz CT molecular complexity index is 710. The van der Waals surface area contributed by atoms with Crippen LogP contribution in [0.15, 0.2) is 30.7 Å². The van der Waals surface area contributed by atoms with Gasteiger partial charge in [0.1, 0.15) is 0 Å².